The molecule has 18 heavy (non-hydrogen) atoms. The lowest BCUT2D eigenvalue weighted by molar-refractivity contribution is -0.117. The number of rotatable bonds is 5. The first-order chi connectivity index (χ1) is 8.08. The summed E-state index contributed by atoms with van der Waals surface area (Å²) < 4.78 is 5.30. The zero-order valence-corrected chi connectivity index (χ0v) is 12.0. The van der Waals surface area contributed by atoms with Crippen molar-refractivity contribution in [3.63, 3.8) is 0 Å². The lowest BCUT2D eigenvalue weighted by Gasteiger charge is -2.11. The smallest absolute Gasteiger partial charge is 0.241 e. The Hall–Kier alpha value is -0.970. The third kappa shape index (κ3) is 4.72. The molecule has 102 valence electrons. The van der Waals surface area contributed by atoms with Crippen LogP contribution >= 0.6 is 24.0 Å². The number of amides is 1. The maximum Gasteiger partial charge on any atom is 0.241 e. The largest absolute Gasteiger partial charge is 0.492 e. The van der Waals surface area contributed by atoms with Gasteiger partial charge < -0.3 is 15.8 Å². The molecule has 1 aromatic rings. The van der Waals surface area contributed by atoms with Gasteiger partial charge in [0.1, 0.15) is 5.75 Å². The highest BCUT2D eigenvalue weighted by Crippen LogP contribution is 2.27. The number of halogens is 2. The van der Waals surface area contributed by atoms with E-state index in [9.17, 15) is 4.79 Å². The van der Waals surface area contributed by atoms with Crippen molar-refractivity contribution in [1.29, 1.82) is 0 Å². The van der Waals surface area contributed by atoms with Crippen molar-refractivity contribution in [2.75, 3.05) is 11.9 Å². The predicted octanol–water partition coefficient (Wildman–Crippen LogP) is 2.84. The fourth-order valence-electron chi connectivity index (χ4n) is 1.27. The summed E-state index contributed by atoms with van der Waals surface area (Å²) in [6.07, 6.45) is 0.594. The molecule has 0 spiro atoms. The average Bonchev–Trinajstić information content (AvgIpc) is 2.31. The number of ether oxygens (including phenoxy) is 1. The molecule has 0 heterocycles. The standard InChI is InChI=1S/C12H17ClN2O2.ClH/c1-3-10(14)12(16)15-8-5-6-11(17-4-2)9(13)7-8;/h5-7,10H,3-4,14H2,1-2H3,(H,15,16);1H/t10-;/m0./s1. The minimum atomic E-state index is -0.500. The van der Waals surface area contributed by atoms with E-state index in [1.807, 2.05) is 13.8 Å². The first-order valence-electron chi connectivity index (χ1n) is 5.57. The van der Waals surface area contributed by atoms with Crippen molar-refractivity contribution >= 4 is 35.6 Å². The number of benzene rings is 1. The summed E-state index contributed by atoms with van der Waals surface area (Å²) in [5.74, 6) is 0.389. The highest BCUT2D eigenvalue weighted by Gasteiger charge is 2.11. The molecule has 0 saturated carbocycles. The van der Waals surface area contributed by atoms with E-state index in [2.05, 4.69) is 5.32 Å². The first-order valence-corrected chi connectivity index (χ1v) is 5.95. The van der Waals surface area contributed by atoms with E-state index in [0.29, 0.717) is 29.5 Å². The molecule has 0 saturated heterocycles. The molecule has 0 aliphatic carbocycles. The van der Waals surface area contributed by atoms with Gasteiger partial charge in [0.15, 0.2) is 0 Å². The summed E-state index contributed by atoms with van der Waals surface area (Å²) in [7, 11) is 0. The molecule has 1 amide bonds. The number of carbonyl (C=O) groups is 1. The topological polar surface area (TPSA) is 64.3 Å². The van der Waals surface area contributed by atoms with Crippen molar-refractivity contribution in [2.45, 2.75) is 26.3 Å². The average molecular weight is 293 g/mol. The second-order valence-corrected chi connectivity index (χ2v) is 3.99. The van der Waals surface area contributed by atoms with E-state index >= 15 is 0 Å². The molecule has 1 rings (SSSR count). The van der Waals surface area contributed by atoms with Crippen LogP contribution in [0.15, 0.2) is 18.2 Å². The van der Waals surface area contributed by atoms with Gasteiger partial charge in [-0.1, -0.05) is 18.5 Å². The van der Waals surface area contributed by atoms with Gasteiger partial charge in [-0.2, -0.15) is 0 Å². The van der Waals surface area contributed by atoms with E-state index in [1.165, 1.54) is 0 Å². The Morgan fingerprint density at radius 3 is 2.67 bits per heavy atom. The van der Waals surface area contributed by atoms with Gasteiger partial charge in [-0.3, -0.25) is 4.79 Å². The number of anilines is 1. The highest BCUT2D eigenvalue weighted by atomic mass is 35.5. The van der Waals surface area contributed by atoms with Gasteiger partial charge in [-0.25, -0.2) is 0 Å². The molecular weight excluding hydrogens is 275 g/mol. The van der Waals surface area contributed by atoms with Crippen molar-refractivity contribution in [1.82, 2.24) is 0 Å². The fourth-order valence-corrected chi connectivity index (χ4v) is 1.51. The maximum atomic E-state index is 11.6. The van der Waals surface area contributed by atoms with Gasteiger partial charge in [-0.15, -0.1) is 12.4 Å². The molecular formula is C12H18Cl2N2O2. The third-order valence-electron chi connectivity index (χ3n) is 2.28. The van der Waals surface area contributed by atoms with Crippen LogP contribution in [-0.2, 0) is 4.79 Å². The van der Waals surface area contributed by atoms with Crippen LogP contribution in [0.1, 0.15) is 20.3 Å². The molecule has 0 bridgehead atoms. The number of hydrogen-bond donors (Lipinski definition) is 2. The minimum absolute atomic E-state index is 0. The van der Waals surface area contributed by atoms with Crippen molar-refractivity contribution < 1.29 is 9.53 Å². The van der Waals surface area contributed by atoms with Crippen molar-refractivity contribution in [2.24, 2.45) is 5.73 Å². The molecule has 4 nitrogen and oxygen atoms in total. The van der Waals surface area contributed by atoms with E-state index in [4.69, 9.17) is 22.1 Å². The molecule has 0 fully saturated rings. The van der Waals surface area contributed by atoms with Crippen LogP contribution in [-0.4, -0.2) is 18.6 Å². The lowest BCUT2D eigenvalue weighted by Crippen LogP contribution is -2.34. The van der Waals surface area contributed by atoms with Crippen molar-refractivity contribution in [3.05, 3.63) is 23.2 Å². The zero-order chi connectivity index (χ0) is 12.8. The van der Waals surface area contributed by atoms with Gasteiger partial charge in [0.25, 0.3) is 0 Å². The molecule has 0 unspecified atom stereocenters. The Bertz CT molecular complexity index is 400. The molecule has 0 aliphatic heterocycles. The van der Waals surface area contributed by atoms with Gasteiger partial charge in [0.2, 0.25) is 5.91 Å². The molecule has 6 heteroatoms. The van der Waals surface area contributed by atoms with Gasteiger partial charge in [0, 0.05) is 5.69 Å². The first kappa shape index (κ1) is 17.0. The number of nitrogens with one attached hydrogen (secondary N) is 1. The van der Waals surface area contributed by atoms with Crippen LogP contribution in [0.2, 0.25) is 5.02 Å². The van der Waals surface area contributed by atoms with Gasteiger partial charge >= 0.3 is 0 Å². The van der Waals surface area contributed by atoms with Crippen molar-refractivity contribution in [3.8, 4) is 5.75 Å². The molecule has 0 aromatic heterocycles. The fraction of sp³-hybridized carbons (Fsp3) is 0.417. The van der Waals surface area contributed by atoms with E-state index in [1.54, 1.807) is 18.2 Å². The Morgan fingerprint density at radius 1 is 1.50 bits per heavy atom. The lowest BCUT2D eigenvalue weighted by atomic mass is 10.2. The Morgan fingerprint density at radius 2 is 2.17 bits per heavy atom. The molecule has 1 atom stereocenters. The monoisotopic (exact) mass is 292 g/mol. The normalized spacial score (nSPS) is 11.3. The summed E-state index contributed by atoms with van der Waals surface area (Å²) in [5, 5.41) is 3.17. The summed E-state index contributed by atoms with van der Waals surface area (Å²) in [6, 6.07) is 4.60. The van der Waals surface area contributed by atoms with E-state index < -0.39 is 6.04 Å². The summed E-state index contributed by atoms with van der Waals surface area (Å²) in [4.78, 5) is 11.6. The predicted molar refractivity (Wildman–Crippen MR) is 76.8 cm³/mol. The van der Waals surface area contributed by atoms with Gasteiger partial charge in [0.05, 0.1) is 17.7 Å². The van der Waals surface area contributed by atoms with Crippen LogP contribution in [0.5, 0.6) is 5.75 Å². The molecule has 0 radical (unpaired) electrons. The van der Waals surface area contributed by atoms with Crippen LogP contribution in [0.4, 0.5) is 5.69 Å². The maximum absolute atomic E-state index is 11.6. The van der Waals surface area contributed by atoms with Crippen LogP contribution in [0, 0.1) is 0 Å². The summed E-state index contributed by atoms with van der Waals surface area (Å²) in [5.41, 5.74) is 6.23. The molecule has 3 N–H and O–H groups in total. The highest BCUT2D eigenvalue weighted by molar-refractivity contribution is 6.32. The number of hydrogen-bond acceptors (Lipinski definition) is 3. The molecule has 1 aromatic carbocycles. The Kier molecular flexibility index (Phi) is 7.75. The van der Waals surface area contributed by atoms with Crippen LogP contribution in [0.3, 0.4) is 0 Å². The van der Waals surface area contributed by atoms with Crippen LogP contribution < -0.4 is 15.8 Å². The quantitative estimate of drug-likeness (QED) is 0.877. The Labute approximate surface area is 118 Å². The number of nitrogens with two attached hydrogens (primary N) is 1. The summed E-state index contributed by atoms with van der Waals surface area (Å²) >= 11 is 6.00. The zero-order valence-electron chi connectivity index (χ0n) is 10.4. The number of carbonyl (C=O) groups excluding carboxylic acids is 1. The van der Waals surface area contributed by atoms with Gasteiger partial charge in [-0.05, 0) is 31.5 Å². The summed E-state index contributed by atoms with van der Waals surface area (Å²) in [6.45, 7) is 4.29. The third-order valence-corrected chi connectivity index (χ3v) is 2.57. The van der Waals surface area contributed by atoms with E-state index in [-0.39, 0.29) is 18.3 Å². The van der Waals surface area contributed by atoms with E-state index in [0.717, 1.165) is 0 Å². The van der Waals surface area contributed by atoms with Crippen LogP contribution in [0.25, 0.3) is 0 Å². The Balaban J connectivity index is 0.00000289. The second kappa shape index (κ2) is 8.19. The SMILES string of the molecule is CCOc1ccc(NC(=O)[C@@H](N)CC)cc1Cl.Cl. The molecule has 0 aliphatic rings. The minimum Gasteiger partial charge on any atom is -0.492 e. The second-order valence-electron chi connectivity index (χ2n) is 3.58.